The maximum Gasteiger partial charge on any atom is 0.195 e. The van der Waals surface area contributed by atoms with Crippen LogP contribution in [0.1, 0.15) is 40.5 Å². The number of fused-ring (bicyclic) bond motifs is 2. The SMILES string of the molecule is C[C@@H]1[C@H]([C@H]2O[C@@H](O[Si](C)(C)C(C)(C)C)C=C[C@H]2O)[C@H]2CC=CC[C@@H]1O2. The average Bonchev–Trinajstić information content (AvgIpc) is 2.68. The first kappa shape index (κ1) is 19.3. The zero-order valence-electron chi connectivity index (χ0n) is 16.4. The molecular formula is C20H34O4Si. The van der Waals surface area contributed by atoms with E-state index in [1.54, 1.807) is 0 Å². The van der Waals surface area contributed by atoms with Gasteiger partial charge in [0.25, 0.3) is 0 Å². The van der Waals surface area contributed by atoms with Crippen LogP contribution >= 0.6 is 0 Å². The van der Waals surface area contributed by atoms with Gasteiger partial charge in [-0.25, -0.2) is 0 Å². The van der Waals surface area contributed by atoms with E-state index in [9.17, 15) is 5.11 Å². The van der Waals surface area contributed by atoms with Gasteiger partial charge in [-0.2, -0.15) is 0 Å². The molecule has 0 spiro atoms. The van der Waals surface area contributed by atoms with Crippen LogP contribution in [0.3, 0.4) is 0 Å². The van der Waals surface area contributed by atoms with E-state index in [2.05, 4.69) is 52.9 Å². The summed E-state index contributed by atoms with van der Waals surface area (Å²) in [5.41, 5.74) is 0. The van der Waals surface area contributed by atoms with Gasteiger partial charge in [-0.3, -0.25) is 0 Å². The molecule has 3 aliphatic rings. The van der Waals surface area contributed by atoms with Crippen molar-refractivity contribution in [3.63, 3.8) is 0 Å². The Morgan fingerprint density at radius 1 is 1.04 bits per heavy atom. The molecule has 0 aromatic heterocycles. The van der Waals surface area contributed by atoms with Crippen LogP contribution in [0, 0.1) is 11.8 Å². The zero-order chi connectivity index (χ0) is 18.4. The summed E-state index contributed by atoms with van der Waals surface area (Å²) >= 11 is 0. The van der Waals surface area contributed by atoms with Gasteiger partial charge in [0, 0.05) is 5.92 Å². The van der Waals surface area contributed by atoms with Gasteiger partial charge in [0.05, 0.1) is 24.4 Å². The van der Waals surface area contributed by atoms with E-state index >= 15 is 0 Å². The summed E-state index contributed by atoms with van der Waals surface area (Å²) in [4.78, 5) is 0. The molecule has 0 saturated carbocycles. The predicted octanol–water partition coefficient (Wildman–Crippen LogP) is 4.02. The largest absolute Gasteiger partial charge is 0.389 e. The Morgan fingerprint density at radius 2 is 1.68 bits per heavy atom. The van der Waals surface area contributed by atoms with Crippen molar-refractivity contribution < 1.29 is 19.0 Å². The summed E-state index contributed by atoms with van der Waals surface area (Å²) in [6, 6.07) is 0. The van der Waals surface area contributed by atoms with E-state index < -0.39 is 14.4 Å². The second-order valence-corrected chi connectivity index (χ2v) is 14.1. The highest BCUT2D eigenvalue weighted by Gasteiger charge is 2.49. The summed E-state index contributed by atoms with van der Waals surface area (Å²) in [6.07, 6.45) is 9.12. The van der Waals surface area contributed by atoms with Crippen LogP contribution in [0.4, 0.5) is 0 Å². The van der Waals surface area contributed by atoms with E-state index in [-0.39, 0.29) is 35.6 Å². The Morgan fingerprint density at radius 3 is 2.32 bits per heavy atom. The Balaban J connectivity index is 1.75. The van der Waals surface area contributed by atoms with Crippen LogP contribution in [0.2, 0.25) is 18.1 Å². The molecule has 3 heterocycles. The molecule has 3 rings (SSSR count). The van der Waals surface area contributed by atoms with Crippen molar-refractivity contribution in [2.75, 3.05) is 0 Å². The molecule has 4 nitrogen and oxygen atoms in total. The Labute approximate surface area is 153 Å². The molecule has 142 valence electrons. The quantitative estimate of drug-likeness (QED) is 0.605. The van der Waals surface area contributed by atoms with E-state index in [0.717, 1.165) is 12.8 Å². The van der Waals surface area contributed by atoms with Gasteiger partial charge < -0.3 is 19.0 Å². The first-order valence-electron chi connectivity index (χ1n) is 9.60. The highest BCUT2D eigenvalue weighted by molar-refractivity contribution is 6.74. The third-order valence-electron chi connectivity index (χ3n) is 6.57. The number of rotatable bonds is 3. The minimum Gasteiger partial charge on any atom is -0.389 e. The van der Waals surface area contributed by atoms with Crippen molar-refractivity contribution in [2.45, 2.75) is 89.4 Å². The second-order valence-electron chi connectivity index (χ2n) is 9.32. The lowest BCUT2D eigenvalue weighted by molar-refractivity contribution is -0.163. The molecule has 0 radical (unpaired) electrons. The summed E-state index contributed by atoms with van der Waals surface area (Å²) in [5.74, 6) is 0.565. The van der Waals surface area contributed by atoms with Gasteiger partial charge >= 0.3 is 0 Å². The van der Waals surface area contributed by atoms with Gasteiger partial charge in [-0.05, 0) is 43.0 Å². The molecule has 3 aliphatic heterocycles. The number of hydrogen-bond donors (Lipinski definition) is 1. The van der Waals surface area contributed by atoms with E-state index in [0.29, 0.717) is 5.92 Å². The average molecular weight is 367 g/mol. The fourth-order valence-corrected chi connectivity index (χ4v) is 5.00. The zero-order valence-corrected chi connectivity index (χ0v) is 17.4. The van der Waals surface area contributed by atoms with Crippen molar-refractivity contribution in [3.05, 3.63) is 24.3 Å². The van der Waals surface area contributed by atoms with Crippen molar-refractivity contribution in [3.8, 4) is 0 Å². The number of hydrogen-bond acceptors (Lipinski definition) is 4. The lowest BCUT2D eigenvalue weighted by atomic mass is 9.79. The Kier molecular flexibility index (Phi) is 5.35. The van der Waals surface area contributed by atoms with Crippen molar-refractivity contribution in [1.82, 2.24) is 0 Å². The second kappa shape index (κ2) is 6.93. The molecule has 2 bridgehead atoms. The van der Waals surface area contributed by atoms with Crippen LogP contribution in [0.15, 0.2) is 24.3 Å². The molecule has 0 unspecified atom stereocenters. The van der Waals surface area contributed by atoms with E-state index in [4.69, 9.17) is 13.9 Å². The number of aliphatic hydroxyl groups is 1. The fraction of sp³-hybridized carbons (Fsp3) is 0.800. The van der Waals surface area contributed by atoms with Gasteiger partial charge in [0.2, 0.25) is 0 Å². The highest BCUT2D eigenvalue weighted by atomic mass is 28.4. The summed E-state index contributed by atoms with van der Waals surface area (Å²) in [7, 11) is -1.94. The minimum absolute atomic E-state index is 0.124. The molecule has 25 heavy (non-hydrogen) atoms. The van der Waals surface area contributed by atoms with Crippen LogP contribution in [-0.4, -0.2) is 44.1 Å². The standard InChI is InChI=1S/C20H34O4Si/c1-13-15-9-7-8-10-16(22-15)18(13)19-14(21)11-12-17(23-19)24-25(5,6)20(2,3)4/h7-8,11-19,21H,9-10H2,1-6H3/t13-,14+,15-,16+,17-,18-,19-/m0/s1. The molecule has 1 N–H and O–H groups in total. The molecule has 0 aromatic carbocycles. The molecule has 0 aromatic rings. The molecule has 1 saturated heterocycles. The first-order valence-corrected chi connectivity index (χ1v) is 12.5. The minimum atomic E-state index is -1.94. The lowest BCUT2D eigenvalue weighted by Gasteiger charge is -2.42. The monoisotopic (exact) mass is 366 g/mol. The molecule has 1 fully saturated rings. The van der Waals surface area contributed by atoms with Gasteiger partial charge in [0.1, 0.15) is 0 Å². The van der Waals surface area contributed by atoms with Gasteiger partial charge in [0.15, 0.2) is 14.6 Å². The molecule has 0 aliphatic carbocycles. The van der Waals surface area contributed by atoms with E-state index in [1.165, 1.54) is 0 Å². The van der Waals surface area contributed by atoms with Crippen LogP contribution in [-0.2, 0) is 13.9 Å². The third-order valence-corrected chi connectivity index (χ3v) is 11.0. The molecule has 5 heteroatoms. The maximum atomic E-state index is 10.6. The number of ether oxygens (including phenoxy) is 2. The summed E-state index contributed by atoms with van der Waals surface area (Å²) in [6.45, 7) is 13.4. The Hall–Kier alpha value is -0.463. The van der Waals surface area contributed by atoms with Crippen LogP contribution < -0.4 is 0 Å². The predicted molar refractivity (Wildman–Crippen MR) is 102 cm³/mol. The van der Waals surface area contributed by atoms with Gasteiger partial charge in [-0.1, -0.05) is 45.9 Å². The first-order chi connectivity index (χ1) is 11.6. The smallest absolute Gasteiger partial charge is 0.195 e. The highest BCUT2D eigenvalue weighted by Crippen LogP contribution is 2.44. The molecule has 0 amide bonds. The third kappa shape index (κ3) is 3.81. The van der Waals surface area contributed by atoms with Gasteiger partial charge in [-0.15, -0.1) is 0 Å². The van der Waals surface area contributed by atoms with Crippen LogP contribution in [0.25, 0.3) is 0 Å². The van der Waals surface area contributed by atoms with Crippen LogP contribution in [0.5, 0.6) is 0 Å². The van der Waals surface area contributed by atoms with Crippen molar-refractivity contribution in [2.24, 2.45) is 11.8 Å². The van der Waals surface area contributed by atoms with E-state index in [1.807, 2.05) is 12.2 Å². The summed E-state index contributed by atoms with van der Waals surface area (Å²) < 4.78 is 19.0. The summed E-state index contributed by atoms with van der Waals surface area (Å²) in [5, 5.41) is 10.7. The normalized spacial score (nSPS) is 41.8. The molecular weight excluding hydrogens is 332 g/mol. The number of aliphatic hydroxyl groups excluding tert-OH is 1. The van der Waals surface area contributed by atoms with Crippen molar-refractivity contribution in [1.29, 1.82) is 0 Å². The topological polar surface area (TPSA) is 47.9 Å². The van der Waals surface area contributed by atoms with Crippen molar-refractivity contribution >= 4 is 8.32 Å². The fourth-order valence-electron chi connectivity index (χ4n) is 3.93. The lowest BCUT2D eigenvalue weighted by Crippen LogP contribution is -2.50. The maximum absolute atomic E-state index is 10.6. The Bertz CT molecular complexity index is 536. The molecule has 7 atom stereocenters.